The summed E-state index contributed by atoms with van der Waals surface area (Å²) in [6, 6.07) is 19.0. The lowest BCUT2D eigenvalue weighted by atomic mass is 10.2. The molecule has 0 radical (unpaired) electrons. The van der Waals surface area contributed by atoms with Crippen molar-refractivity contribution in [2.24, 2.45) is 0 Å². The van der Waals surface area contributed by atoms with Crippen LogP contribution in [0.1, 0.15) is 12.5 Å². The van der Waals surface area contributed by atoms with Crippen LogP contribution in [0.2, 0.25) is 0 Å². The van der Waals surface area contributed by atoms with E-state index in [9.17, 15) is 0 Å². The Bertz CT molecular complexity index is 773. The van der Waals surface area contributed by atoms with Crippen LogP contribution < -0.4 is 5.32 Å². The fourth-order valence-electron chi connectivity index (χ4n) is 2.51. The van der Waals surface area contributed by atoms with E-state index in [2.05, 4.69) is 58.2 Å². The number of para-hydroxylation sites is 2. The SMILES string of the molecule is CC(Cn1c(=S)[nH]c2ccccc21)NCc1ccccc1. The highest BCUT2D eigenvalue weighted by Crippen LogP contribution is 2.14. The van der Waals surface area contributed by atoms with E-state index in [0.717, 1.165) is 28.9 Å². The van der Waals surface area contributed by atoms with E-state index in [4.69, 9.17) is 12.2 Å². The highest BCUT2D eigenvalue weighted by atomic mass is 32.1. The molecule has 2 aromatic carbocycles. The number of hydrogen-bond donors (Lipinski definition) is 2. The second-order valence-electron chi connectivity index (χ2n) is 5.33. The first-order valence-electron chi connectivity index (χ1n) is 7.19. The standard InChI is InChI=1S/C17H19N3S/c1-13(18-11-14-7-3-2-4-8-14)12-20-16-10-6-5-9-15(16)19-17(20)21/h2-10,13,18H,11-12H2,1H3,(H,19,21). The van der Waals surface area contributed by atoms with E-state index in [1.165, 1.54) is 5.56 Å². The Hall–Kier alpha value is -1.91. The second-order valence-corrected chi connectivity index (χ2v) is 5.71. The number of nitrogens with one attached hydrogen (secondary N) is 2. The first-order valence-corrected chi connectivity index (χ1v) is 7.60. The normalized spacial score (nSPS) is 12.6. The van der Waals surface area contributed by atoms with Gasteiger partial charge in [-0.05, 0) is 36.8 Å². The lowest BCUT2D eigenvalue weighted by Gasteiger charge is -2.15. The molecule has 2 N–H and O–H groups in total. The molecule has 1 heterocycles. The van der Waals surface area contributed by atoms with Gasteiger partial charge in [-0.15, -0.1) is 0 Å². The second kappa shape index (κ2) is 6.24. The average molecular weight is 297 g/mol. The maximum absolute atomic E-state index is 5.43. The predicted molar refractivity (Wildman–Crippen MR) is 89.9 cm³/mol. The Morgan fingerprint density at radius 3 is 2.62 bits per heavy atom. The van der Waals surface area contributed by atoms with Gasteiger partial charge in [-0.2, -0.15) is 0 Å². The Balaban J connectivity index is 1.70. The van der Waals surface area contributed by atoms with E-state index < -0.39 is 0 Å². The predicted octanol–water partition coefficient (Wildman–Crippen LogP) is 3.88. The summed E-state index contributed by atoms with van der Waals surface area (Å²) in [6.45, 7) is 3.92. The summed E-state index contributed by atoms with van der Waals surface area (Å²) in [6.07, 6.45) is 0. The van der Waals surface area contributed by atoms with E-state index in [0.29, 0.717) is 6.04 Å². The van der Waals surface area contributed by atoms with E-state index >= 15 is 0 Å². The van der Waals surface area contributed by atoms with Crippen LogP contribution in [-0.2, 0) is 13.1 Å². The molecule has 4 heteroatoms. The number of imidazole rings is 1. The molecule has 0 aliphatic carbocycles. The Kier molecular flexibility index (Phi) is 4.18. The highest BCUT2D eigenvalue weighted by molar-refractivity contribution is 7.71. The minimum absolute atomic E-state index is 0.344. The number of aromatic nitrogens is 2. The number of rotatable bonds is 5. The number of aromatic amines is 1. The smallest absolute Gasteiger partial charge is 0.178 e. The third kappa shape index (κ3) is 3.23. The minimum Gasteiger partial charge on any atom is -0.331 e. The monoisotopic (exact) mass is 297 g/mol. The number of benzene rings is 2. The molecule has 0 aliphatic heterocycles. The summed E-state index contributed by atoms with van der Waals surface area (Å²) in [7, 11) is 0. The van der Waals surface area contributed by atoms with Gasteiger partial charge in [0, 0.05) is 19.1 Å². The van der Waals surface area contributed by atoms with Gasteiger partial charge in [0.05, 0.1) is 11.0 Å². The van der Waals surface area contributed by atoms with Crippen molar-refractivity contribution in [3.63, 3.8) is 0 Å². The van der Waals surface area contributed by atoms with Crippen molar-refractivity contribution < 1.29 is 0 Å². The van der Waals surface area contributed by atoms with Gasteiger partial charge in [0.2, 0.25) is 0 Å². The van der Waals surface area contributed by atoms with Gasteiger partial charge in [0.1, 0.15) is 0 Å². The van der Waals surface area contributed by atoms with Gasteiger partial charge < -0.3 is 14.9 Å². The summed E-state index contributed by atoms with van der Waals surface area (Å²) in [5.74, 6) is 0. The van der Waals surface area contributed by atoms with Crippen molar-refractivity contribution >= 4 is 23.3 Å². The van der Waals surface area contributed by atoms with Gasteiger partial charge in [-0.25, -0.2) is 0 Å². The van der Waals surface area contributed by atoms with Gasteiger partial charge in [-0.3, -0.25) is 0 Å². The molecule has 1 unspecified atom stereocenters. The van der Waals surface area contributed by atoms with E-state index in [-0.39, 0.29) is 0 Å². The number of H-pyrrole nitrogens is 1. The Morgan fingerprint density at radius 1 is 1.10 bits per heavy atom. The molecule has 0 saturated heterocycles. The molecule has 108 valence electrons. The fourth-order valence-corrected chi connectivity index (χ4v) is 2.80. The van der Waals surface area contributed by atoms with Crippen molar-refractivity contribution in [2.75, 3.05) is 0 Å². The zero-order valence-corrected chi connectivity index (χ0v) is 12.9. The third-order valence-electron chi connectivity index (χ3n) is 3.64. The molecule has 3 nitrogen and oxygen atoms in total. The number of nitrogens with zero attached hydrogens (tertiary/aromatic N) is 1. The van der Waals surface area contributed by atoms with Gasteiger partial charge >= 0.3 is 0 Å². The van der Waals surface area contributed by atoms with Crippen molar-refractivity contribution in [3.8, 4) is 0 Å². The largest absolute Gasteiger partial charge is 0.331 e. The van der Waals surface area contributed by atoms with Crippen LogP contribution in [0.15, 0.2) is 54.6 Å². The maximum atomic E-state index is 5.43. The molecule has 1 atom stereocenters. The molecule has 0 saturated carbocycles. The van der Waals surface area contributed by atoms with Crippen LogP contribution in [0.4, 0.5) is 0 Å². The minimum atomic E-state index is 0.344. The zero-order chi connectivity index (χ0) is 14.7. The molecule has 21 heavy (non-hydrogen) atoms. The Labute approximate surface area is 129 Å². The first-order chi connectivity index (χ1) is 10.2. The quantitative estimate of drug-likeness (QED) is 0.701. The van der Waals surface area contributed by atoms with Crippen molar-refractivity contribution in [3.05, 3.63) is 64.9 Å². The lowest BCUT2D eigenvalue weighted by Crippen LogP contribution is -2.30. The highest BCUT2D eigenvalue weighted by Gasteiger charge is 2.07. The summed E-state index contributed by atoms with van der Waals surface area (Å²) in [4.78, 5) is 3.26. The van der Waals surface area contributed by atoms with Crippen molar-refractivity contribution in [1.82, 2.24) is 14.9 Å². The summed E-state index contributed by atoms with van der Waals surface area (Å²) < 4.78 is 2.94. The molecule has 0 spiro atoms. The first kappa shape index (κ1) is 14.0. The molecule has 0 amide bonds. The summed E-state index contributed by atoms with van der Waals surface area (Å²) >= 11 is 5.43. The van der Waals surface area contributed by atoms with Gasteiger partial charge in [-0.1, -0.05) is 42.5 Å². The van der Waals surface area contributed by atoms with Crippen LogP contribution in [0.3, 0.4) is 0 Å². The van der Waals surface area contributed by atoms with Crippen LogP contribution in [-0.4, -0.2) is 15.6 Å². The summed E-state index contributed by atoms with van der Waals surface area (Å²) in [5, 5.41) is 3.55. The van der Waals surface area contributed by atoms with Crippen molar-refractivity contribution in [1.29, 1.82) is 0 Å². The molecular formula is C17H19N3S. The average Bonchev–Trinajstić information content (AvgIpc) is 2.82. The van der Waals surface area contributed by atoms with Gasteiger partial charge in [0.25, 0.3) is 0 Å². The van der Waals surface area contributed by atoms with Crippen LogP contribution in [0.5, 0.6) is 0 Å². The molecule has 0 bridgehead atoms. The van der Waals surface area contributed by atoms with Crippen LogP contribution in [0, 0.1) is 4.77 Å². The summed E-state index contributed by atoms with van der Waals surface area (Å²) in [5.41, 5.74) is 3.56. The maximum Gasteiger partial charge on any atom is 0.178 e. The number of fused-ring (bicyclic) bond motifs is 1. The molecule has 1 aromatic heterocycles. The molecule has 0 aliphatic rings. The zero-order valence-electron chi connectivity index (χ0n) is 12.0. The van der Waals surface area contributed by atoms with E-state index in [1.807, 2.05) is 18.2 Å². The molecule has 0 fully saturated rings. The molecule has 3 aromatic rings. The van der Waals surface area contributed by atoms with Gasteiger partial charge in [0.15, 0.2) is 4.77 Å². The van der Waals surface area contributed by atoms with Crippen molar-refractivity contribution in [2.45, 2.75) is 26.1 Å². The third-order valence-corrected chi connectivity index (χ3v) is 3.96. The van der Waals surface area contributed by atoms with E-state index in [1.54, 1.807) is 0 Å². The topological polar surface area (TPSA) is 32.8 Å². The van der Waals surface area contributed by atoms with Crippen LogP contribution in [0.25, 0.3) is 11.0 Å². The van der Waals surface area contributed by atoms with Crippen LogP contribution >= 0.6 is 12.2 Å². The number of hydrogen-bond acceptors (Lipinski definition) is 2. The Morgan fingerprint density at radius 2 is 1.81 bits per heavy atom. The molecular weight excluding hydrogens is 278 g/mol. The fraction of sp³-hybridized carbons (Fsp3) is 0.235. The lowest BCUT2D eigenvalue weighted by molar-refractivity contribution is 0.480. The molecule has 3 rings (SSSR count).